The van der Waals surface area contributed by atoms with Crippen LogP contribution in [-0.2, 0) is 5.41 Å². The van der Waals surface area contributed by atoms with Gasteiger partial charge in [0.25, 0.3) is 0 Å². The van der Waals surface area contributed by atoms with Crippen LogP contribution < -0.4 is 0 Å². The topological polar surface area (TPSA) is 0 Å². The van der Waals surface area contributed by atoms with Gasteiger partial charge in [0.05, 0.1) is 0 Å². The SMILES string of the molecule is Fc1cccc(C23CC(CCl)(C2)C3)c1F. The zero-order valence-electron chi connectivity index (χ0n) is 8.19. The first-order valence-corrected chi connectivity index (χ1v) is 5.65. The third-order valence-corrected chi connectivity index (χ3v) is 4.51. The average Bonchev–Trinajstić information content (AvgIpc) is 2.08. The van der Waals surface area contributed by atoms with Crippen molar-refractivity contribution in [3.8, 4) is 0 Å². The molecule has 0 amide bonds. The van der Waals surface area contributed by atoms with Gasteiger partial charge in [-0.1, -0.05) is 12.1 Å². The van der Waals surface area contributed by atoms with Gasteiger partial charge in [-0.2, -0.15) is 0 Å². The molecule has 0 nitrogen and oxygen atoms in total. The molecule has 3 aliphatic rings. The highest BCUT2D eigenvalue weighted by Gasteiger charge is 2.68. The Morgan fingerprint density at radius 2 is 1.87 bits per heavy atom. The van der Waals surface area contributed by atoms with Gasteiger partial charge < -0.3 is 0 Å². The lowest BCUT2D eigenvalue weighted by molar-refractivity contribution is -0.124. The standard InChI is InChI=1S/C12H11ClF2/c13-7-11-4-12(5-11,6-11)8-2-1-3-9(14)10(8)15/h1-3H,4-7H2. The molecule has 0 radical (unpaired) electrons. The second-order valence-corrected chi connectivity index (χ2v) is 5.31. The molecule has 0 aromatic heterocycles. The number of alkyl halides is 1. The Morgan fingerprint density at radius 3 is 2.47 bits per heavy atom. The second-order valence-electron chi connectivity index (χ2n) is 5.05. The van der Waals surface area contributed by atoms with Crippen molar-refractivity contribution in [2.24, 2.45) is 5.41 Å². The number of hydrogen-bond donors (Lipinski definition) is 0. The zero-order chi connectivity index (χ0) is 10.7. The van der Waals surface area contributed by atoms with Crippen LogP contribution in [0.15, 0.2) is 18.2 Å². The molecule has 1 aromatic rings. The van der Waals surface area contributed by atoms with E-state index in [9.17, 15) is 8.78 Å². The summed E-state index contributed by atoms with van der Waals surface area (Å²) < 4.78 is 26.6. The molecule has 4 rings (SSSR count). The van der Waals surface area contributed by atoms with Crippen molar-refractivity contribution in [2.75, 3.05) is 5.88 Å². The van der Waals surface area contributed by atoms with Crippen LogP contribution in [0.4, 0.5) is 8.78 Å². The van der Waals surface area contributed by atoms with Crippen LogP contribution in [-0.4, -0.2) is 5.88 Å². The smallest absolute Gasteiger partial charge is 0.162 e. The predicted molar refractivity (Wildman–Crippen MR) is 55.0 cm³/mol. The highest BCUT2D eigenvalue weighted by Crippen LogP contribution is 2.74. The van der Waals surface area contributed by atoms with E-state index in [1.165, 1.54) is 6.07 Å². The molecule has 0 heterocycles. The Hall–Kier alpha value is -0.630. The van der Waals surface area contributed by atoms with Gasteiger partial charge in [-0.05, 0) is 36.3 Å². The first-order valence-electron chi connectivity index (χ1n) is 5.11. The molecule has 3 aliphatic carbocycles. The van der Waals surface area contributed by atoms with Crippen LogP contribution in [0, 0.1) is 17.0 Å². The van der Waals surface area contributed by atoms with Gasteiger partial charge in [0.15, 0.2) is 11.6 Å². The fourth-order valence-corrected chi connectivity index (χ4v) is 3.62. The zero-order valence-corrected chi connectivity index (χ0v) is 8.95. The van der Waals surface area contributed by atoms with E-state index >= 15 is 0 Å². The molecule has 0 spiro atoms. The minimum atomic E-state index is -0.739. The Balaban J connectivity index is 1.94. The maximum atomic E-state index is 13.6. The molecular weight excluding hydrogens is 218 g/mol. The lowest BCUT2D eigenvalue weighted by Crippen LogP contribution is -2.65. The van der Waals surface area contributed by atoms with Crippen molar-refractivity contribution in [3.63, 3.8) is 0 Å². The van der Waals surface area contributed by atoms with Crippen LogP contribution in [0.3, 0.4) is 0 Å². The maximum Gasteiger partial charge on any atom is 0.162 e. The molecule has 0 atom stereocenters. The molecule has 80 valence electrons. The van der Waals surface area contributed by atoms with Crippen LogP contribution in [0.25, 0.3) is 0 Å². The molecule has 0 aliphatic heterocycles. The van der Waals surface area contributed by atoms with Crippen molar-refractivity contribution < 1.29 is 8.78 Å². The van der Waals surface area contributed by atoms with Crippen molar-refractivity contribution in [1.29, 1.82) is 0 Å². The van der Waals surface area contributed by atoms with E-state index in [-0.39, 0.29) is 10.8 Å². The summed E-state index contributed by atoms with van der Waals surface area (Å²) in [6.07, 6.45) is 2.76. The van der Waals surface area contributed by atoms with Crippen molar-refractivity contribution in [3.05, 3.63) is 35.4 Å². The summed E-state index contributed by atoms with van der Waals surface area (Å²) in [6, 6.07) is 4.46. The summed E-state index contributed by atoms with van der Waals surface area (Å²) in [6.45, 7) is 0. The van der Waals surface area contributed by atoms with Gasteiger partial charge in [-0.3, -0.25) is 0 Å². The molecule has 1 aromatic carbocycles. The van der Waals surface area contributed by atoms with Gasteiger partial charge >= 0.3 is 0 Å². The van der Waals surface area contributed by atoms with Crippen molar-refractivity contribution >= 4 is 11.6 Å². The van der Waals surface area contributed by atoms with E-state index in [1.807, 2.05) is 0 Å². The van der Waals surface area contributed by atoms with Crippen LogP contribution >= 0.6 is 11.6 Å². The maximum absolute atomic E-state index is 13.6. The Kier molecular flexibility index (Phi) is 1.75. The summed E-state index contributed by atoms with van der Waals surface area (Å²) in [5, 5.41) is 0. The first-order chi connectivity index (χ1) is 7.11. The normalized spacial score (nSPS) is 37.0. The number of benzene rings is 1. The Labute approximate surface area is 92.2 Å². The third kappa shape index (κ3) is 1.06. The monoisotopic (exact) mass is 228 g/mol. The molecule has 0 N–H and O–H groups in total. The van der Waals surface area contributed by atoms with E-state index in [0.29, 0.717) is 11.4 Å². The largest absolute Gasteiger partial charge is 0.204 e. The highest BCUT2D eigenvalue weighted by atomic mass is 35.5. The van der Waals surface area contributed by atoms with E-state index < -0.39 is 11.6 Å². The minimum Gasteiger partial charge on any atom is -0.204 e. The third-order valence-electron chi connectivity index (χ3n) is 3.95. The van der Waals surface area contributed by atoms with Crippen molar-refractivity contribution in [2.45, 2.75) is 24.7 Å². The average molecular weight is 229 g/mol. The number of halogens is 3. The Morgan fingerprint density at radius 1 is 1.20 bits per heavy atom. The van der Waals surface area contributed by atoms with E-state index in [4.69, 9.17) is 11.6 Å². The van der Waals surface area contributed by atoms with Gasteiger partial charge in [0.2, 0.25) is 0 Å². The predicted octanol–water partition coefficient (Wildman–Crippen LogP) is 3.63. The van der Waals surface area contributed by atoms with E-state index in [2.05, 4.69) is 0 Å². The first kappa shape index (κ1) is 9.59. The molecule has 15 heavy (non-hydrogen) atoms. The number of rotatable bonds is 2. The fourth-order valence-electron chi connectivity index (χ4n) is 3.34. The van der Waals surface area contributed by atoms with E-state index in [0.717, 1.165) is 19.3 Å². The quantitative estimate of drug-likeness (QED) is 0.679. The van der Waals surface area contributed by atoms with Crippen LogP contribution in [0.1, 0.15) is 24.8 Å². The van der Waals surface area contributed by atoms with Crippen molar-refractivity contribution in [1.82, 2.24) is 0 Å². The highest BCUT2D eigenvalue weighted by molar-refractivity contribution is 6.18. The summed E-state index contributed by atoms with van der Waals surface area (Å²) in [5.74, 6) is -0.761. The van der Waals surface area contributed by atoms with E-state index in [1.54, 1.807) is 12.1 Å². The van der Waals surface area contributed by atoms with Gasteiger partial charge in [0.1, 0.15) is 0 Å². The second kappa shape index (κ2) is 2.73. The van der Waals surface area contributed by atoms with Crippen LogP contribution in [0.5, 0.6) is 0 Å². The summed E-state index contributed by atoms with van der Waals surface area (Å²) in [5.41, 5.74) is 0.691. The van der Waals surface area contributed by atoms with Gasteiger partial charge in [-0.15, -0.1) is 11.6 Å². The molecular formula is C12H11ClF2. The van der Waals surface area contributed by atoms with Crippen LogP contribution in [0.2, 0.25) is 0 Å². The Bertz CT molecular complexity index is 408. The lowest BCUT2D eigenvalue weighted by atomic mass is 9.34. The molecule has 3 saturated carbocycles. The molecule has 3 fully saturated rings. The molecule has 3 heteroatoms. The minimum absolute atomic E-state index is 0.0962. The summed E-state index contributed by atoms with van der Waals surface area (Å²) in [4.78, 5) is 0. The summed E-state index contributed by atoms with van der Waals surface area (Å²) in [7, 11) is 0. The fraction of sp³-hybridized carbons (Fsp3) is 0.500. The molecule has 2 bridgehead atoms. The van der Waals surface area contributed by atoms with Gasteiger partial charge in [0, 0.05) is 11.3 Å². The number of hydrogen-bond acceptors (Lipinski definition) is 0. The molecule has 0 unspecified atom stereocenters. The molecule has 0 saturated heterocycles. The lowest BCUT2D eigenvalue weighted by Gasteiger charge is -2.70. The summed E-state index contributed by atoms with van der Waals surface area (Å²) >= 11 is 5.84. The van der Waals surface area contributed by atoms with Gasteiger partial charge in [-0.25, -0.2) is 8.78 Å².